The first-order chi connectivity index (χ1) is 9.99. The van der Waals surface area contributed by atoms with Crippen LogP contribution in [0.15, 0.2) is 42.7 Å². The minimum Gasteiger partial charge on any atom is -0.478 e. The average Bonchev–Trinajstić information content (AvgIpc) is 2.76. The van der Waals surface area contributed by atoms with Crippen LogP contribution in [0, 0.1) is 20.8 Å². The Hall–Kier alpha value is -2.55. The predicted octanol–water partition coefficient (Wildman–Crippen LogP) is 4.23. The second-order valence-corrected chi connectivity index (χ2v) is 5.49. The van der Waals surface area contributed by atoms with Gasteiger partial charge < -0.3 is 9.51 Å². The van der Waals surface area contributed by atoms with Crippen molar-refractivity contribution in [2.75, 3.05) is 0 Å². The van der Waals surface area contributed by atoms with Gasteiger partial charge in [-0.05, 0) is 49.6 Å². The highest BCUT2D eigenvalue weighted by Gasteiger charge is 2.20. The number of aromatic carboxylic acids is 1. The third-order valence-corrected chi connectivity index (χ3v) is 3.84. The molecule has 0 bridgehead atoms. The van der Waals surface area contributed by atoms with E-state index in [4.69, 9.17) is 0 Å². The van der Waals surface area contributed by atoms with Crippen molar-refractivity contribution in [3.63, 3.8) is 0 Å². The number of nitrogens with zero attached hydrogens (tertiary/aromatic N) is 1. The van der Waals surface area contributed by atoms with Crippen molar-refractivity contribution < 1.29 is 9.90 Å². The van der Waals surface area contributed by atoms with Crippen LogP contribution >= 0.6 is 0 Å². The van der Waals surface area contributed by atoms with Gasteiger partial charge >= 0.3 is 5.97 Å². The van der Waals surface area contributed by atoms with Gasteiger partial charge in [0.1, 0.15) is 0 Å². The molecule has 0 radical (unpaired) electrons. The maximum atomic E-state index is 11.7. The van der Waals surface area contributed by atoms with E-state index in [1.165, 1.54) is 5.56 Å². The van der Waals surface area contributed by atoms with Gasteiger partial charge in [0.15, 0.2) is 0 Å². The Bertz CT molecular complexity index is 836. The first kappa shape index (κ1) is 13.4. The predicted molar refractivity (Wildman–Crippen MR) is 84.0 cm³/mol. The standard InChI is InChI=1S/C18H17NO2/c1-11-8-12(2)16(13(3)9-11)14-10-19-7-5-4-6-15(19)17(14)18(20)21/h4-10H,1-3H3,(H,20,21). The highest BCUT2D eigenvalue weighted by Crippen LogP contribution is 2.34. The molecular weight excluding hydrogens is 262 g/mol. The summed E-state index contributed by atoms with van der Waals surface area (Å²) in [6, 6.07) is 9.79. The molecular formula is C18H17NO2. The minimum atomic E-state index is -0.891. The molecule has 3 nitrogen and oxygen atoms in total. The van der Waals surface area contributed by atoms with Crippen LogP contribution in [-0.4, -0.2) is 15.5 Å². The van der Waals surface area contributed by atoms with Gasteiger partial charge in [-0.2, -0.15) is 0 Å². The zero-order valence-electron chi connectivity index (χ0n) is 12.3. The summed E-state index contributed by atoms with van der Waals surface area (Å²) in [5.74, 6) is -0.891. The Morgan fingerprint density at radius 2 is 1.76 bits per heavy atom. The van der Waals surface area contributed by atoms with Gasteiger partial charge in [-0.1, -0.05) is 23.8 Å². The molecule has 0 spiro atoms. The Balaban J connectivity index is 2.41. The highest BCUT2D eigenvalue weighted by atomic mass is 16.4. The molecule has 0 saturated carbocycles. The van der Waals surface area contributed by atoms with Crippen molar-refractivity contribution in [3.8, 4) is 11.1 Å². The average molecular weight is 279 g/mol. The number of hydrogen-bond acceptors (Lipinski definition) is 1. The SMILES string of the molecule is Cc1cc(C)c(-c2cn3ccccc3c2C(=O)O)c(C)c1. The number of benzene rings is 1. The lowest BCUT2D eigenvalue weighted by atomic mass is 9.93. The normalized spacial score (nSPS) is 11.0. The summed E-state index contributed by atoms with van der Waals surface area (Å²) in [5, 5.41) is 9.64. The number of aryl methyl sites for hydroxylation is 3. The van der Waals surface area contributed by atoms with Gasteiger partial charge in [0.05, 0.1) is 11.1 Å². The number of aromatic nitrogens is 1. The molecule has 3 heteroatoms. The highest BCUT2D eigenvalue weighted by molar-refractivity contribution is 6.04. The van der Waals surface area contributed by atoms with E-state index in [0.29, 0.717) is 5.56 Å². The first-order valence-corrected chi connectivity index (χ1v) is 6.90. The summed E-state index contributed by atoms with van der Waals surface area (Å²) < 4.78 is 1.87. The molecule has 0 aliphatic rings. The second-order valence-electron chi connectivity index (χ2n) is 5.49. The molecule has 3 aromatic rings. The van der Waals surface area contributed by atoms with Crippen molar-refractivity contribution in [2.24, 2.45) is 0 Å². The van der Waals surface area contributed by atoms with Crippen LogP contribution in [0.2, 0.25) is 0 Å². The molecule has 0 amide bonds. The van der Waals surface area contributed by atoms with E-state index in [1.807, 2.05) is 48.8 Å². The van der Waals surface area contributed by atoms with Crippen molar-refractivity contribution in [1.29, 1.82) is 0 Å². The van der Waals surface area contributed by atoms with E-state index < -0.39 is 5.97 Å². The number of carbonyl (C=O) groups is 1. The van der Waals surface area contributed by atoms with Crippen LogP contribution in [0.25, 0.3) is 16.6 Å². The van der Waals surface area contributed by atoms with Gasteiger partial charge in [-0.3, -0.25) is 0 Å². The number of rotatable bonds is 2. The third-order valence-electron chi connectivity index (χ3n) is 3.84. The van der Waals surface area contributed by atoms with Crippen LogP contribution in [0.5, 0.6) is 0 Å². The molecule has 0 aliphatic carbocycles. The van der Waals surface area contributed by atoms with Crippen molar-refractivity contribution in [3.05, 3.63) is 65.0 Å². The molecule has 3 rings (SSSR count). The van der Waals surface area contributed by atoms with Gasteiger partial charge in [0.2, 0.25) is 0 Å². The summed E-state index contributed by atoms with van der Waals surface area (Å²) in [5.41, 5.74) is 6.28. The van der Waals surface area contributed by atoms with E-state index in [1.54, 1.807) is 0 Å². The lowest BCUT2D eigenvalue weighted by Gasteiger charge is -2.11. The Morgan fingerprint density at radius 3 is 2.38 bits per heavy atom. The van der Waals surface area contributed by atoms with Crippen LogP contribution in [0.4, 0.5) is 0 Å². The van der Waals surface area contributed by atoms with Gasteiger partial charge in [-0.15, -0.1) is 0 Å². The molecule has 1 aromatic carbocycles. The molecule has 106 valence electrons. The molecule has 0 atom stereocenters. The van der Waals surface area contributed by atoms with Crippen molar-refractivity contribution in [1.82, 2.24) is 4.40 Å². The molecule has 1 N–H and O–H groups in total. The van der Waals surface area contributed by atoms with Crippen LogP contribution in [0.1, 0.15) is 27.0 Å². The third kappa shape index (κ3) is 2.11. The lowest BCUT2D eigenvalue weighted by molar-refractivity contribution is 0.0700. The summed E-state index contributed by atoms with van der Waals surface area (Å²) in [6.45, 7) is 6.12. The fourth-order valence-corrected chi connectivity index (χ4v) is 3.14. The number of hydrogen-bond donors (Lipinski definition) is 1. The van der Waals surface area contributed by atoms with E-state index in [-0.39, 0.29) is 0 Å². The van der Waals surface area contributed by atoms with E-state index >= 15 is 0 Å². The van der Waals surface area contributed by atoms with Crippen LogP contribution < -0.4 is 0 Å². The summed E-state index contributed by atoms with van der Waals surface area (Å²) in [7, 11) is 0. The summed E-state index contributed by atoms with van der Waals surface area (Å²) in [4.78, 5) is 11.7. The van der Waals surface area contributed by atoms with Gasteiger partial charge in [-0.25, -0.2) is 4.79 Å². The Kier molecular flexibility index (Phi) is 3.05. The van der Waals surface area contributed by atoms with E-state index in [0.717, 1.165) is 27.8 Å². The topological polar surface area (TPSA) is 41.7 Å². The van der Waals surface area contributed by atoms with Gasteiger partial charge in [0, 0.05) is 18.0 Å². The van der Waals surface area contributed by atoms with Crippen molar-refractivity contribution in [2.45, 2.75) is 20.8 Å². The molecule has 21 heavy (non-hydrogen) atoms. The lowest BCUT2D eigenvalue weighted by Crippen LogP contribution is -1.99. The molecule has 0 saturated heterocycles. The van der Waals surface area contributed by atoms with Crippen LogP contribution in [-0.2, 0) is 0 Å². The zero-order valence-corrected chi connectivity index (χ0v) is 12.3. The second kappa shape index (κ2) is 4.77. The monoisotopic (exact) mass is 279 g/mol. The van der Waals surface area contributed by atoms with E-state index in [2.05, 4.69) is 19.1 Å². The van der Waals surface area contributed by atoms with E-state index in [9.17, 15) is 9.90 Å². The quantitative estimate of drug-likeness (QED) is 0.762. The minimum absolute atomic E-state index is 0.366. The molecule has 2 heterocycles. The maximum Gasteiger partial charge on any atom is 0.338 e. The molecule has 0 aliphatic heterocycles. The molecule has 0 fully saturated rings. The zero-order chi connectivity index (χ0) is 15.1. The maximum absolute atomic E-state index is 11.7. The summed E-state index contributed by atoms with van der Waals surface area (Å²) >= 11 is 0. The summed E-state index contributed by atoms with van der Waals surface area (Å²) in [6.07, 6.45) is 3.79. The smallest absolute Gasteiger partial charge is 0.338 e. The Labute approximate surface area is 123 Å². The number of carboxylic acid groups (broad SMARTS) is 1. The Morgan fingerprint density at radius 1 is 1.10 bits per heavy atom. The molecule has 2 aromatic heterocycles. The largest absolute Gasteiger partial charge is 0.478 e. The first-order valence-electron chi connectivity index (χ1n) is 6.90. The number of fused-ring (bicyclic) bond motifs is 1. The number of pyridine rings is 1. The fraction of sp³-hybridized carbons (Fsp3) is 0.167. The number of carboxylic acids is 1. The van der Waals surface area contributed by atoms with Crippen molar-refractivity contribution >= 4 is 11.5 Å². The fourth-order valence-electron chi connectivity index (χ4n) is 3.14. The van der Waals surface area contributed by atoms with Gasteiger partial charge in [0.25, 0.3) is 0 Å². The van der Waals surface area contributed by atoms with Crippen LogP contribution in [0.3, 0.4) is 0 Å². The molecule has 0 unspecified atom stereocenters.